The average molecular weight is 264 g/mol. The number of hydrogen-bond acceptors (Lipinski definition) is 3. The molecular formula is C15H24N2O2. The van der Waals surface area contributed by atoms with E-state index in [9.17, 15) is 4.79 Å². The third kappa shape index (κ3) is 4.33. The molecule has 2 N–H and O–H groups in total. The summed E-state index contributed by atoms with van der Waals surface area (Å²) in [6.07, 6.45) is 0. The van der Waals surface area contributed by atoms with E-state index in [0.29, 0.717) is 6.54 Å². The average Bonchev–Trinajstić information content (AvgIpc) is 2.39. The van der Waals surface area contributed by atoms with Crippen LogP contribution in [0.2, 0.25) is 0 Å². The Kier molecular flexibility index (Phi) is 5.99. The van der Waals surface area contributed by atoms with E-state index in [-0.39, 0.29) is 18.6 Å². The summed E-state index contributed by atoms with van der Waals surface area (Å²) in [5.41, 5.74) is 3.19. The minimum absolute atomic E-state index is 0.0430. The van der Waals surface area contributed by atoms with Crippen molar-refractivity contribution in [3.05, 3.63) is 29.3 Å². The molecule has 0 bridgehead atoms. The Morgan fingerprint density at radius 3 is 2.58 bits per heavy atom. The van der Waals surface area contributed by atoms with Crippen LogP contribution in [-0.4, -0.2) is 41.7 Å². The number of carbonyl (C=O) groups is 1. The first-order chi connectivity index (χ1) is 8.99. The van der Waals surface area contributed by atoms with Crippen LogP contribution in [0.5, 0.6) is 0 Å². The highest BCUT2D eigenvalue weighted by Crippen LogP contribution is 2.15. The van der Waals surface area contributed by atoms with Gasteiger partial charge in [0.2, 0.25) is 5.91 Å². The third-order valence-electron chi connectivity index (χ3n) is 3.50. The predicted octanol–water partition coefficient (Wildman–Crippen LogP) is 1.94. The van der Waals surface area contributed by atoms with E-state index in [1.54, 1.807) is 0 Å². The van der Waals surface area contributed by atoms with Gasteiger partial charge < -0.3 is 10.4 Å². The highest BCUT2D eigenvalue weighted by atomic mass is 16.3. The molecule has 0 aromatic heterocycles. The second kappa shape index (κ2) is 7.26. The maximum atomic E-state index is 12.1. The molecule has 0 aliphatic carbocycles. The van der Waals surface area contributed by atoms with Gasteiger partial charge in [-0.05, 0) is 50.6 Å². The topological polar surface area (TPSA) is 52.6 Å². The fraction of sp³-hybridized carbons (Fsp3) is 0.533. The molecule has 0 aliphatic rings. The van der Waals surface area contributed by atoms with E-state index < -0.39 is 0 Å². The first-order valence-electron chi connectivity index (χ1n) is 6.72. The molecule has 1 unspecified atom stereocenters. The Balaban J connectivity index is 2.70. The highest BCUT2D eigenvalue weighted by molar-refractivity contribution is 5.94. The molecule has 0 heterocycles. The fourth-order valence-corrected chi connectivity index (χ4v) is 1.99. The Morgan fingerprint density at radius 1 is 1.37 bits per heavy atom. The van der Waals surface area contributed by atoms with Crippen molar-refractivity contribution in [2.24, 2.45) is 0 Å². The molecule has 1 rings (SSSR count). The van der Waals surface area contributed by atoms with E-state index in [1.165, 1.54) is 5.56 Å². The summed E-state index contributed by atoms with van der Waals surface area (Å²) in [5, 5.41) is 11.9. The molecule has 0 saturated carbocycles. The Labute approximate surface area is 115 Å². The third-order valence-corrected chi connectivity index (χ3v) is 3.50. The van der Waals surface area contributed by atoms with Gasteiger partial charge in [-0.2, -0.15) is 0 Å². The minimum atomic E-state index is -0.251. The van der Waals surface area contributed by atoms with E-state index in [1.807, 2.05) is 50.8 Å². The Hall–Kier alpha value is -1.39. The summed E-state index contributed by atoms with van der Waals surface area (Å²) in [6.45, 7) is 9.22. The molecule has 1 atom stereocenters. The summed E-state index contributed by atoms with van der Waals surface area (Å²) < 4.78 is 0. The van der Waals surface area contributed by atoms with Gasteiger partial charge in [-0.3, -0.25) is 9.69 Å². The Morgan fingerprint density at radius 2 is 2.05 bits per heavy atom. The highest BCUT2D eigenvalue weighted by Gasteiger charge is 2.19. The van der Waals surface area contributed by atoms with Crippen molar-refractivity contribution in [2.45, 2.75) is 33.7 Å². The van der Waals surface area contributed by atoms with Crippen molar-refractivity contribution in [1.82, 2.24) is 4.90 Å². The standard InChI is InChI=1S/C15H24N2O2/c1-5-17(8-9-18)13(4)15(19)16-14-7-6-11(2)12(3)10-14/h6-7,10,13,18H,5,8-9H2,1-4H3,(H,16,19). The van der Waals surface area contributed by atoms with Gasteiger partial charge in [-0.1, -0.05) is 13.0 Å². The van der Waals surface area contributed by atoms with Gasteiger partial charge in [0.1, 0.15) is 0 Å². The van der Waals surface area contributed by atoms with Gasteiger partial charge in [-0.25, -0.2) is 0 Å². The van der Waals surface area contributed by atoms with Gasteiger partial charge in [0.15, 0.2) is 0 Å². The summed E-state index contributed by atoms with van der Waals surface area (Å²) in [7, 11) is 0. The number of nitrogens with one attached hydrogen (secondary N) is 1. The molecule has 1 amide bonds. The number of likely N-dealkylation sites (N-methyl/N-ethyl adjacent to an activating group) is 1. The number of aliphatic hydroxyl groups is 1. The number of carbonyl (C=O) groups excluding carboxylic acids is 1. The van der Waals surface area contributed by atoms with Crippen LogP contribution >= 0.6 is 0 Å². The monoisotopic (exact) mass is 264 g/mol. The molecule has 0 spiro atoms. The second-order valence-electron chi connectivity index (χ2n) is 4.82. The molecule has 106 valence electrons. The van der Waals surface area contributed by atoms with Crippen molar-refractivity contribution in [1.29, 1.82) is 0 Å². The van der Waals surface area contributed by atoms with E-state index in [2.05, 4.69) is 5.32 Å². The van der Waals surface area contributed by atoms with Crippen LogP contribution in [0.25, 0.3) is 0 Å². The maximum Gasteiger partial charge on any atom is 0.241 e. The van der Waals surface area contributed by atoms with Crippen molar-refractivity contribution >= 4 is 11.6 Å². The lowest BCUT2D eigenvalue weighted by molar-refractivity contribution is -0.120. The second-order valence-corrected chi connectivity index (χ2v) is 4.82. The summed E-state index contributed by atoms with van der Waals surface area (Å²) in [4.78, 5) is 14.1. The molecule has 0 aliphatic heterocycles. The van der Waals surface area contributed by atoms with Crippen LogP contribution < -0.4 is 5.32 Å². The fourth-order valence-electron chi connectivity index (χ4n) is 1.99. The van der Waals surface area contributed by atoms with Crippen molar-refractivity contribution in [3.8, 4) is 0 Å². The first-order valence-corrected chi connectivity index (χ1v) is 6.72. The largest absolute Gasteiger partial charge is 0.395 e. The molecule has 1 aromatic carbocycles. The SMILES string of the molecule is CCN(CCO)C(C)C(=O)Nc1ccc(C)c(C)c1. The first kappa shape index (κ1) is 15.7. The van der Waals surface area contributed by atoms with Gasteiger partial charge >= 0.3 is 0 Å². The zero-order valence-electron chi connectivity index (χ0n) is 12.2. The van der Waals surface area contributed by atoms with Gasteiger partial charge in [-0.15, -0.1) is 0 Å². The number of anilines is 1. The quantitative estimate of drug-likeness (QED) is 0.825. The predicted molar refractivity (Wildman–Crippen MR) is 78.3 cm³/mol. The summed E-state index contributed by atoms with van der Waals surface area (Å²) in [5.74, 6) is -0.0430. The number of benzene rings is 1. The lowest BCUT2D eigenvalue weighted by Gasteiger charge is -2.26. The molecule has 4 heteroatoms. The zero-order valence-corrected chi connectivity index (χ0v) is 12.2. The van der Waals surface area contributed by atoms with Gasteiger partial charge in [0, 0.05) is 12.2 Å². The molecule has 0 radical (unpaired) electrons. The van der Waals surface area contributed by atoms with Crippen LogP contribution in [0.1, 0.15) is 25.0 Å². The molecule has 1 aromatic rings. The molecule has 0 saturated heterocycles. The van der Waals surface area contributed by atoms with Gasteiger partial charge in [0.05, 0.1) is 12.6 Å². The van der Waals surface area contributed by atoms with Crippen LogP contribution in [0.4, 0.5) is 5.69 Å². The number of nitrogens with zero attached hydrogens (tertiary/aromatic N) is 1. The maximum absolute atomic E-state index is 12.1. The van der Waals surface area contributed by atoms with Crippen LogP contribution in [-0.2, 0) is 4.79 Å². The number of rotatable bonds is 6. The van der Waals surface area contributed by atoms with E-state index in [0.717, 1.165) is 17.8 Å². The van der Waals surface area contributed by atoms with E-state index in [4.69, 9.17) is 5.11 Å². The lowest BCUT2D eigenvalue weighted by atomic mass is 10.1. The van der Waals surface area contributed by atoms with Crippen LogP contribution in [0.3, 0.4) is 0 Å². The van der Waals surface area contributed by atoms with Crippen molar-refractivity contribution < 1.29 is 9.90 Å². The van der Waals surface area contributed by atoms with Crippen LogP contribution in [0, 0.1) is 13.8 Å². The number of aryl methyl sites for hydroxylation is 2. The number of aliphatic hydroxyl groups excluding tert-OH is 1. The van der Waals surface area contributed by atoms with Crippen LogP contribution in [0.15, 0.2) is 18.2 Å². The molecule has 0 fully saturated rings. The smallest absolute Gasteiger partial charge is 0.241 e. The minimum Gasteiger partial charge on any atom is -0.395 e. The van der Waals surface area contributed by atoms with Crippen molar-refractivity contribution in [3.63, 3.8) is 0 Å². The Bertz CT molecular complexity index is 432. The lowest BCUT2D eigenvalue weighted by Crippen LogP contribution is -2.43. The number of amides is 1. The molecule has 19 heavy (non-hydrogen) atoms. The zero-order chi connectivity index (χ0) is 14.4. The summed E-state index contributed by atoms with van der Waals surface area (Å²) >= 11 is 0. The normalized spacial score (nSPS) is 12.5. The molecule has 4 nitrogen and oxygen atoms in total. The van der Waals surface area contributed by atoms with E-state index >= 15 is 0 Å². The van der Waals surface area contributed by atoms with Gasteiger partial charge in [0.25, 0.3) is 0 Å². The van der Waals surface area contributed by atoms with Crippen molar-refractivity contribution in [2.75, 3.05) is 25.0 Å². The molecular weight excluding hydrogens is 240 g/mol. The number of hydrogen-bond donors (Lipinski definition) is 2. The summed E-state index contributed by atoms with van der Waals surface area (Å²) in [6, 6.07) is 5.64.